The van der Waals surface area contributed by atoms with Crippen LogP contribution in [0.3, 0.4) is 0 Å². The number of hydrogen-bond acceptors (Lipinski definition) is 4. The molecular weight excluding hydrogens is 352 g/mol. The van der Waals surface area contributed by atoms with Crippen LogP contribution in [0.4, 0.5) is 0 Å². The van der Waals surface area contributed by atoms with Gasteiger partial charge in [-0.25, -0.2) is 8.42 Å². The Bertz CT molecular complexity index is 725. The molecule has 0 aliphatic carbocycles. The lowest BCUT2D eigenvalue weighted by atomic mass is 9.96. The molecule has 1 aliphatic rings. The third-order valence-electron chi connectivity index (χ3n) is 4.87. The molecule has 0 saturated carbocycles. The molecule has 1 atom stereocenters. The second-order valence-corrected chi connectivity index (χ2v) is 8.94. The van der Waals surface area contributed by atoms with E-state index in [0.717, 1.165) is 18.4 Å². The Morgan fingerprint density at radius 1 is 1.35 bits per heavy atom. The van der Waals surface area contributed by atoms with Gasteiger partial charge in [-0.15, -0.1) is 0 Å². The van der Waals surface area contributed by atoms with Crippen molar-refractivity contribution >= 4 is 15.9 Å². The van der Waals surface area contributed by atoms with E-state index in [-0.39, 0.29) is 22.8 Å². The van der Waals surface area contributed by atoms with Gasteiger partial charge in [-0.05, 0) is 50.8 Å². The van der Waals surface area contributed by atoms with Crippen molar-refractivity contribution in [2.24, 2.45) is 5.92 Å². The summed E-state index contributed by atoms with van der Waals surface area (Å²) in [5.41, 5.74) is 0.864. The number of benzene rings is 1. The first kappa shape index (κ1) is 20.7. The smallest absolute Gasteiger partial charge is 0.246 e. The Morgan fingerprint density at radius 3 is 2.58 bits per heavy atom. The van der Waals surface area contributed by atoms with Crippen LogP contribution >= 0.6 is 0 Å². The largest absolute Gasteiger partial charge is 0.495 e. The highest BCUT2D eigenvalue weighted by molar-refractivity contribution is 7.89. The van der Waals surface area contributed by atoms with E-state index in [1.807, 2.05) is 19.9 Å². The summed E-state index contributed by atoms with van der Waals surface area (Å²) in [6.45, 7) is 6.64. The number of nitrogens with one attached hydrogen (secondary N) is 1. The molecule has 1 fully saturated rings. The average molecular weight is 383 g/mol. The van der Waals surface area contributed by atoms with Gasteiger partial charge in [0.1, 0.15) is 10.6 Å². The zero-order valence-electron chi connectivity index (χ0n) is 16.1. The van der Waals surface area contributed by atoms with Crippen LogP contribution in [0.1, 0.15) is 45.1 Å². The molecule has 1 aliphatic heterocycles. The number of ether oxygens (including phenoxy) is 1. The topological polar surface area (TPSA) is 75.7 Å². The highest BCUT2D eigenvalue weighted by Crippen LogP contribution is 2.30. The van der Waals surface area contributed by atoms with Gasteiger partial charge in [-0.1, -0.05) is 19.4 Å². The van der Waals surface area contributed by atoms with Crippen molar-refractivity contribution in [2.75, 3.05) is 20.2 Å². The molecule has 0 spiro atoms. The molecular formula is C19H30N2O4S. The summed E-state index contributed by atoms with van der Waals surface area (Å²) < 4.78 is 32.7. The van der Waals surface area contributed by atoms with Crippen LogP contribution in [-0.2, 0) is 14.8 Å². The molecule has 1 amide bonds. The summed E-state index contributed by atoms with van der Waals surface area (Å²) >= 11 is 0. The van der Waals surface area contributed by atoms with Gasteiger partial charge in [0.15, 0.2) is 0 Å². The molecule has 0 unspecified atom stereocenters. The molecule has 146 valence electrons. The third-order valence-corrected chi connectivity index (χ3v) is 6.79. The van der Waals surface area contributed by atoms with Crippen molar-refractivity contribution in [3.8, 4) is 5.75 Å². The number of aryl methyl sites for hydroxylation is 1. The summed E-state index contributed by atoms with van der Waals surface area (Å²) in [5.74, 6) is 0.264. The monoisotopic (exact) mass is 382 g/mol. The van der Waals surface area contributed by atoms with Gasteiger partial charge in [0, 0.05) is 25.0 Å². The van der Waals surface area contributed by atoms with Crippen LogP contribution in [0, 0.1) is 12.8 Å². The number of nitrogens with zero attached hydrogens (tertiary/aromatic N) is 1. The molecule has 0 aromatic heterocycles. The molecule has 26 heavy (non-hydrogen) atoms. The summed E-state index contributed by atoms with van der Waals surface area (Å²) in [6.07, 6.45) is 3.05. The first-order valence-corrected chi connectivity index (χ1v) is 10.7. The number of rotatable bonds is 7. The first-order valence-electron chi connectivity index (χ1n) is 9.24. The van der Waals surface area contributed by atoms with Crippen LogP contribution in [-0.4, -0.2) is 44.9 Å². The van der Waals surface area contributed by atoms with E-state index < -0.39 is 10.0 Å². The zero-order chi connectivity index (χ0) is 19.3. The Balaban J connectivity index is 2.05. The van der Waals surface area contributed by atoms with E-state index in [9.17, 15) is 13.2 Å². The molecule has 0 radical (unpaired) electrons. The Hall–Kier alpha value is -1.60. The minimum absolute atomic E-state index is 0.0381. The van der Waals surface area contributed by atoms with Crippen molar-refractivity contribution < 1.29 is 17.9 Å². The van der Waals surface area contributed by atoms with Crippen LogP contribution in [0.15, 0.2) is 23.1 Å². The summed E-state index contributed by atoms with van der Waals surface area (Å²) in [6, 6.07) is 5.30. The van der Waals surface area contributed by atoms with Gasteiger partial charge in [-0.2, -0.15) is 4.31 Å². The van der Waals surface area contributed by atoms with Crippen LogP contribution in [0.2, 0.25) is 0 Å². The predicted molar refractivity (Wildman–Crippen MR) is 102 cm³/mol. The van der Waals surface area contributed by atoms with Gasteiger partial charge in [0.2, 0.25) is 15.9 Å². The van der Waals surface area contributed by atoms with Crippen molar-refractivity contribution in [1.29, 1.82) is 0 Å². The zero-order valence-corrected chi connectivity index (χ0v) is 16.9. The van der Waals surface area contributed by atoms with Crippen LogP contribution < -0.4 is 10.1 Å². The third kappa shape index (κ3) is 4.76. The van der Waals surface area contributed by atoms with Crippen LogP contribution in [0.25, 0.3) is 0 Å². The average Bonchev–Trinajstić information content (AvgIpc) is 2.62. The molecule has 1 heterocycles. The second-order valence-electron chi connectivity index (χ2n) is 7.03. The fraction of sp³-hybridized carbons (Fsp3) is 0.632. The van der Waals surface area contributed by atoms with Crippen LogP contribution in [0.5, 0.6) is 5.75 Å². The lowest BCUT2D eigenvalue weighted by Crippen LogP contribution is -2.44. The predicted octanol–water partition coefficient (Wildman–Crippen LogP) is 2.71. The number of carbonyl (C=O) groups is 1. The van der Waals surface area contributed by atoms with Gasteiger partial charge in [0.05, 0.1) is 7.11 Å². The maximum Gasteiger partial charge on any atom is 0.246 e. The number of methoxy groups -OCH3 is 1. The summed E-state index contributed by atoms with van der Waals surface area (Å²) in [5, 5.41) is 3.03. The van der Waals surface area contributed by atoms with E-state index in [0.29, 0.717) is 31.7 Å². The first-order chi connectivity index (χ1) is 12.3. The minimum atomic E-state index is -3.63. The molecule has 1 N–H and O–H groups in total. The number of amides is 1. The molecule has 0 bridgehead atoms. The van der Waals surface area contributed by atoms with Crippen molar-refractivity contribution in [2.45, 2.75) is 57.4 Å². The van der Waals surface area contributed by atoms with Gasteiger partial charge < -0.3 is 10.1 Å². The molecule has 1 aromatic carbocycles. The van der Waals surface area contributed by atoms with E-state index in [4.69, 9.17) is 4.74 Å². The maximum atomic E-state index is 13.0. The molecule has 2 rings (SSSR count). The number of carbonyl (C=O) groups excluding carboxylic acids is 1. The SMILES string of the molecule is CCC[C@H](C)NC(=O)C1CCN(S(=O)(=O)c2cc(C)ccc2OC)CC1. The lowest BCUT2D eigenvalue weighted by molar-refractivity contribution is -0.126. The molecule has 6 nitrogen and oxygen atoms in total. The molecule has 1 saturated heterocycles. The van der Waals surface area contributed by atoms with E-state index >= 15 is 0 Å². The quantitative estimate of drug-likeness (QED) is 0.787. The van der Waals surface area contributed by atoms with Gasteiger partial charge in [-0.3, -0.25) is 4.79 Å². The van der Waals surface area contributed by atoms with Gasteiger partial charge >= 0.3 is 0 Å². The fourth-order valence-electron chi connectivity index (χ4n) is 3.35. The number of piperidine rings is 1. The molecule has 1 aromatic rings. The fourth-order valence-corrected chi connectivity index (χ4v) is 5.06. The normalized spacial score (nSPS) is 17.7. The maximum absolute atomic E-state index is 13.0. The Kier molecular flexibility index (Phi) is 7.06. The summed E-state index contributed by atoms with van der Waals surface area (Å²) in [4.78, 5) is 12.5. The standard InChI is InChI=1S/C19H30N2O4S/c1-5-6-15(3)20-19(22)16-9-11-21(12-10-16)26(23,24)18-13-14(2)7-8-17(18)25-4/h7-8,13,15-16H,5-6,9-12H2,1-4H3,(H,20,22)/t15-/m0/s1. The second kappa shape index (κ2) is 8.86. The van der Waals surface area contributed by atoms with E-state index in [2.05, 4.69) is 12.2 Å². The van der Waals surface area contributed by atoms with Crippen molar-refractivity contribution in [3.63, 3.8) is 0 Å². The van der Waals surface area contributed by atoms with Crippen molar-refractivity contribution in [1.82, 2.24) is 9.62 Å². The number of hydrogen-bond donors (Lipinski definition) is 1. The minimum Gasteiger partial charge on any atom is -0.495 e. The van der Waals surface area contributed by atoms with Gasteiger partial charge in [0.25, 0.3) is 0 Å². The highest BCUT2D eigenvalue weighted by Gasteiger charge is 2.33. The van der Waals surface area contributed by atoms with E-state index in [1.165, 1.54) is 11.4 Å². The number of sulfonamides is 1. The Labute approximate surface area is 157 Å². The Morgan fingerprint density at radius 2 is 2.00 bits per heavy atom. The van der Waals surface area contributed by atoms with Crippen molar-refractivity contribution in [3.05, 3.63) is 23.8 Å². The van der Waals surface area contributed by atoms with E-state index in [1.54, 1.807) is 12.1 Å². The lowest BCUT2D eigenvalue weighted by Gasteiger charge is -2.31. The highest BCUT2D eigenvalue weighted by atomic mass is 32.2. The summed E-state index contributed by atoms with van der Waals surface area (Å²) in [7, 11) is -2.16. The molecule has 7 heteroatoms.